The summed E-state index contributed by atoms with van der Waals surface area (Å²) in [6.07, 6.45) is 4.63. The van der Waals surface area contributed by atoms with E-state index in [1.165, 1.54) is 5.57 Å². The van der Waals surface area contributed by atoms with Gasteiger partial charge in [0.1, 0.15) is 0 Å². The van der Waals surface area contributed by atoms with E-state index >= 15 is 0 Å². The first-order valence-electron chi connectivity index (χ1n) is 8.08. The van der Waals surface area contributed by atoms with Crippen molar-refractivity contribution in [1.82, 2.24) is 0 Å². The summed E-state index contributed by atoms with van der Waals surface area (Å²) in [5.41, 5.74) is 1.16. The summed E-state index contributed by atoms with van der Waals surface area (Å²) in [5.74, 6) is 0.330. The molecule has 2 fully saturated rings. The van der Waals surface area contributed by atoms with Crippen molar-refractivity contribution in [2.24, 2.45) is 11.8 Å². The van der Waals surface area contributed by atoms with Gasteiger partial charge in [0.25, 0.3) is 0 Å². The number of rotatable bonds is 7. The number of ether oxygens (including phenoxy) is 2. The van der Waals surface area contributed by atoms with Gasteiger partial charge in [-0.1, -0.05) is 0 Å². The van der Waals surface area contributed by atoms with Crippen LogP contribution in [0.2, 0.25) is 0 Å². The van der Waals surface area contributed by atoms with Crippen LogP contribution < -0.4 is 21.6 Å². The predicted octanol–water partition coefficient (Wildman–Crippen LogP) is -0.447. The van der Waals surface area contributed by atoms with Crippen LogP contribution in [0.3, 0.4) is 0 Å². The van der Waals surface area contributed by atoms with Gasteiger partial charge in [-0.15, -0.1) is 0 Å². The second-order valence-electron chi connectivity index (χ2n) is 6.84. The van der Waals surface area contributed by atoms with Gasteiger partial charge in [-0.05, 0) is 0 Å². The molecule has 4 nitrogen and oxygen atoms in total. The van der Waals surface area contributed by atoms with E-state index in [1.807, 2.05) is 0 Å². The van der Waals surface area contributed by atoms with Crippen molar-refractivity contribution in [2.45, 2.75) is 63.9 Å². The minimum atomic E-state index is -0.367. The number of allylic oxidation sites excluding steroid dienone is 1. The SMILES string of the molecule is COC1C(O[I-]C)CC[C@]2(CO2)C1[C@H](C)C(O)CC=C(C)C. The molecule has 4 unspecified atom stereocenters. The molecule has 1 aliphatic heterocycles. The van der Waals surface area contributed by atoms with Crippen LogP contribution in [0, 0.1) is 11.8 Å². The van der Waals surface area contributed by atoms with E-state index in [-0.39, 0.29) is 57.4 Å². The molecular weight excluding hydrogens is 395 g/mol. The molecule has 5 heteroatoms. The molecule has 1 saturated heterocycles. The molecule has 1 N–H and O–H groups in total. The number of halogens is 1. The van der Waals surface area contributed by atoms with Gasteiger partial charge in [-0.3, -0.25) is 0 Å². The van der Waals surface area contributed by atoms with Gasteiger partial charge in [0.15, 0.2) is 0 Å². The zero-order valence-electron chi connectivity index (χ0n) is 14.3. The van der Waals surface area contributed by atoms with Crippen molar-refractivity contribution >= 4 is 0 Å². The summed E-state index contributed by atoms with van der Waals surface area (Å²) in [6, 6.07) is 0. The molecular formula is C17H30IO4-. The third-order valence-electron chi connectivity index (χ3n) is 5.11. The Morgan fingerprint density at radius 1 is 1.50 bits per heavy atom. The molecule has 0 aromatic carbocycles. The Balaban J connectivity index is 2.13. The van der Waals surface area contributed by atoms with Gasteiger partial charge < -0.3 is 0 Å². The standard InChI is InChI=1S/C17H30IO4/c1-11(2)6-7-13(19)12(3)15-16(20-5)14(22-18-4)8-9-17(15)10-21-17/h6,12-16,19H,7-10H2,1-5H3/q-1/t12-,13?,14?,15?,16?,17+/m1/s1. The number of epoxide rings is 1. The Kier molecular flexibility index (Phi) is 6.71. The maximum atomic E-state index is 10.6. The molecule has 0 amide bonds. The third-order valence-corrected chi connectivity index (χ3v) is 6.27. The second-order valence-corrected chi connectivity index (χ2v) is 8.23. The van der Waals surface area contributed by atoms with Gasteiger partial charge in [0.05, 0.1) is 0 Å². The van der Waals surface area contributed by atoms with Gasteiger partial charge in [-0.2, -0.15) is 0 Å². The number of alkyl halides is 1. The van der Waals surface area contributed by atoms with Crippen molar-refractivity contribution in [1.29, 1.82) is 0 Å². The van der Waals surface area contributed by atoms with Crippen LogP contribution in [-0.4, -0.2) is 47.7 Å². The predicted molar refractivity (Wildman–Crippen MR) is 82.2 cm³/mol. The Labute approximate surface area is 145 Å². The summed E-state index contributed by atoms with van der Waals surface area (Å²) in [5, 5.41) is 10.6. The first-order chi connectivity index (χ1) is 10.4. The minimum absolute atomic E-state index is 0.0206. The topological polar surface area (TPSA) is 51.2 Å². The Bertz CT molecular complexity index is 390. The molecule has 130 valence electrons. The van der Waals surface area contributed by atoms with Crippen LogP contribution in [-0.2, 0) is 12.5 Å². The fourth-order valence-corrected chi connectivity index (χ4v) is 4.97. The first-order valence-corrected chi connectivity index (χ1v) is 11.1. The van der Waals surface area contributed by atoms with Crippen LogP contribution in [0.5, 0.6) is 0 Å². The van der Waals surface area contributed by atoms with Gasteiger partial charge >= 0.3 is 145 Å². The van der Waals surface area contributed by atoms with Crippen molar-refractivity contribution in [3.63, 3.8) is 0 Å². The fourth-order valence-electron chi connectivity index (χ4n) is 3.77. The van der Waals surface area contributed by atoms with E-state index in [9.17, 15) is 5.11 Å². The molecule has 6 atom stereocenters. The molecule has 22 heavy (non-hydrogen) atoms. The molecule has 0 aromatic heterocycles. The quantitative estimate of drug-likeness (QED) is 0.260. The molecule has 0 bridgehead atoms. The van der Waals surface area contributed by atoms with Crippen LogP contribution in [0.1, 0.15) is 40.0 Å². The Morgan fingerprint density at radius 3 is 2.68 bits per heavy atom. The van der Waals surface area contributed by atoms with E-state index in [4.69, 9.17) is 12.5 Å². The van der Waals surface area contributed by atoms with Crippen LogP contribution in [0.15, 0.2) is 11.6 Å². The number of aliphatic hydroxyl groups is 1. The van der Waals surface area contributed by atoms with Crippen LogP contribution in [0.4, 0.5) is 0 Å². The average molecular weight is 425 g/mol. The second kappa shape index (κ2) is 7.92. The van der Waals surface area contributed by atoms with Crippen molar-refractivity contribution < 1.29 is 39.3 Å². The number of hydrogen-bond acceptors (Lipinski definition) is 4. The summed E-state index contributed by atoms with van der Waals surface area (Å²) < 4.78 is 17.7. The number of aliphatic hydroxyl groups excluding tert-OH is 1. The molecule has 1 spiro atoms. The molecule has 2 rings (SSSR count). The van der Waals surface area contributed by atoms with E-state index in [1.54, 1.807) is 7.11 Å². The van der Waals surface area contributed by atoms with Crippen molar-refractivity contribution in [2.75, 3.05) is 18.6 Å². The monoisotopic (exact) mass is 425 g/mol. The summed E-state index contributed by atoms with van der Waals surface area (Å²) in [4.78, 5) is 2.13. The summed E-state index contributed by atoms with van der Waals surface area (Å²) in [6.45, 7) is 7.06. The molecule has 0 aromatic rings. The van der Waals surface area contributed by atoms with Gasteiger partial charge in [0.2, 0.25) is 0 Å². The van der Waals surface area contributed by atoms with E-state index in [0.29, 0.717) is 6.42 Å². The molecule has 0 radical (unpaired) electrons. The molecule has 1 heterocycles. The van der Waals surface area contributed by atoms with E-state index in [0.717, 1.165) is 19.4 Å². The van der Waals surface area contributed by atoms with Crippen molar-refractivity contribution in [3.8, 4) is 0 Å². The zero-order valence-corrected chi connectivity index (χ0v) is 16.5. The van der Waals surface area contributed by atoms with Gasteiger partial charge in [0, 0.05) is 0 Å². The third kappa shape index (κ3) is 4.04. The average Bonchev–Trinajstić information content (AvgIpc) is 3.26. The van der Waals surface area contributed by atoms with Crippen LogP contribution in [0.25, 0.3) is 0 Å². The normalized spacial score (nSPS) is 37.1. The van der Waals surface area contributed by atoms with Crippen molar-refractivity contribution in [3.05, 3.63) is 11.6 Å². The zero-order chi connectivity index (χ0) is 16.3. The Morgan fingerprint density at radius 2 is 2.18 bits per heavy atom. The summed E-state index contributed by atoms with van der Waals surface area (Å²) in [7, 11) is 1.76. The fraction of sp³-hybridized carbons (Fsp3) is 0.882. The molecule has 2 aliphatic rings. The maximum absolute atomic E-state index is 10.6. The number of hydrogen-bond donors (Lipinski definition) is 1. The molecule has 1 aliphatic carbocycles. The Hall–Kier alpha value is 0.310. The number of methoxy groups -OCH3 is 1. The van der Waals surface area contributed by atoms with Gasteiger partial charge in [-0.25, -0.2) is 0 Å². The van der Waals surface area contributed by atoms with E-state index < -0.39 is 0 Å². The molecule has 1 saturated carbocycles. The first kappa shape index (κ1) is 18.6. The van der Waals surface area contributed by atoms with E-state index in [2.05, 4.69) is 31.8 Å². The van der Waals surface area contributed by atoms with Crippen LogP contribution >= 0.6 is 0 Å². The summed E-state index contributed by atoms with van der Waals surface area (Å²) >= 11 is -0.226.